The Morgan fingerprint density at radius 1 is 0.211 bits per heavy atom. The summed E-state index contributed by atoms with van der Waals surface area (Å²) in [7, 11) is 0. The van der Waals surface area contributed by atoms with Crippen LogP contribution in [0, 0.1) is 0 Å². The van der Waals surface area contributed by atoms with E-state index in [-0.39, 0.29) is 55.6 Å². The van der Waals surface area contributed by atoms with Crippen molar-refractivity contribution in [2.24, 2.45) is 0 Å². The number of hydrogen-bond acceptors (Lipinski definition) is 26. The SMILES string of the molecule is O=C(OC[C@H]1O[C@H](O[C@@H]2[C@@H](O[C@H]3[C@@H](OC(=O)c4ccccc4)[C@H](OC(=O)c4ccccc4)[C@@H](COC(=O)c4ccccc4)O[C@@H]3O)O[C@H](COC(=O)c3ccccc3)[C@@H](OC(=O)c3ccccc3)[C@@H]2OC(=O)c2ccccc2)[C@@H](OC(=O)c2ccccc2)[C@@H](OC(=O)c2ccccc2)[C@@H]1OC(=O)c1ccccc1)c1ccccc1. The van der Waals surface area contributed by atoms with E-state index in [4.69, 9.17) is 71.1 Å². The van der Waals surface area contributed by atoms with Crippen molar-refractivity contribution in [3.8, 4) is 0 Å². The standard InChI is InChI=1S/C88H72O26/c89-76(54-31-11-1-12-32-54)100-51-64-67(106-79(92)57-37-17-4-18-38-57)70(109-82(95)60-43-23-7-24-44-60)73(86(99)103-64)113-88-75(72(111-84(97)62-47-27-9-28-48-62)69(108-81(94)59-41-21-6-22-42-59)66(105-88)53-102-78(91)56-35-15-3-16-36-56)114-87-74(112-85(98)63-49-29-10-30-50-63)71(110-83(96)61-45-25-8-26-46-61)68(107-80(93)58-39-19-5-20-40-58)65(104-87)52-101-77(90)55-33-13-2-14-34-55/h1-50,64-75,86-88,99H,51-53H2/t64-,65-,66-,67-,68-,69-,70+,71+,72+,73+,74+,75+,86+,87-,88-/m1/s1. The Morgan fingerprint density at radius 2 is 0.386 bits per heavy atom. The van der Waals surface area contributed by atoms with Crippen molar-refractivity contribution in [3.05, 3.63) is 359 Å². The van der Waals surface area contributed by atoms with Gasteiger partial charge in [-0.05, 0) is 121 Å². The van der Waals surface area contributed by atoms with E-state index in [0.717, 1.165) is 0 Å². The summed E-state index contributed by atoms with van der Waals surface area (Å²) < 4.78 is 97.3. The molecule has 0 amide bonds. The predicted octanol–water partition coefficient (Wildman–Crippen LogP) is 11.1. The first kappa shape index (κ1) is 78.8. The summed E-state index contributed by atoms with van der Waals surface area (Å²) in [6.07, 6.45) is -32.4. The molecule has 0 bridgehead atoms. The number of hydrogen-bond donors (Lipinski definition) is 1. The molecular weight excluding hydrogens is 1470 g/mol. The summed E-state index contributed by atoms with van der Waals surface area (Å²) in [5.41, 5.74) is -0.564. The molecule has 13 rings (SSSR count). The van der Waals surface area contributed by atoms with Crippen LogP contribution in [0.4, 0.5) is 0 Å². The van der Waals surface area contributed by atoms with E-state index in [1.807, 2.05) is 0 Å². The van der Waals surface area contributed by atoms with Gasteiger partial charge in [0.05, 0.1) is 55.6 Å². The van der Waals surface area contributed by atoms with E-state index in [1.165, 1.54) is 206 Å². The second kappa shape index (κ2) is 38.1. The third kappa shape index (κ3) is 19.9. The minimum Gasteiger partial charge on any atom is -0.459 e. The van der Waals surface area contributed by atoms with Gasteiger partial charge in [-0.1, -0.05) is 182 Å². The molecule has 580 valence electrons. The van der Waals surface area contributed by atoms with E-state index in [0.29, 0.717) is 0 Å². The summed E-state index contributed by atoms with van der Waals surface area (Å²) in [5, 5.41) is 12.9. The number of carbonyl (C=O) groups excluding carboxylic acids is 10. The highest BCUT2D eigenvalue weighted by atomic mass is 16.8. The molecule has 0 spiro atoms. The number of carbonyl (C=O) groups is 10. The van der Waals surface area contributed by atoms with Crippen molar-refractivity contribution >= 4 is 59.7 Å². The average Bonchev–Trinajstić information content (AvgIpc) is 0.756. The zero-order valence-corrected chi connectivity index (χ0v) is 60.3. The molecule has 3 fully saturated rings. The molecule has 10 aromatic rings. The lowest BCUT2D eigenvalue weighted by atomic mass is 9.95. The Balaban J connectivity index is 1.01. The average molecular weight is 1550 g/mol. The maximum absolute atomic E-state index is 15.4. The van der Waals surface area contributed by atoms with E-state index < -0.39 is 172 Å². The lowest BCUT2D eigenvalue weighted by Crippen LogP contribution is -2.69. The molecule has 3 aliphatic heterocycles. The van der Waals surface area contributed by atoms with Gasteiger partial charge in [0.1, 0.15) is 38.1 Å². The van der Waals surface area contributed by atoms with E-state index in [9.17, 15) is 33.9 Å². The maximum atomic E-state index is 15.4. The highest BCUT2D eigenvalue weighted by molar-refractivity contribution is 5.94. The first-order chi connectivity index (χ1) is 55.6. The van der Waals surface area contributed by atoms with Crippen molar-refractivity contribution in [3.63, 3.8) is 0 Å². The molecule has 26 nitrogen and oxygen atoms in total. The van der Waals surface area contributed by atoms with Gasteiger partial charge in [0.25, 0.3) is 0 Å². The number of esters is 10. The van der Waals surface area contributed by atoms with Crippen LogP contribution in [0.5, 0.6) is 0 Å². The minimum absolute atomic E-state index is 0.0164. The molecule has 0 aromatic heterocycles. The number of ether oxygens (including phenoxy) is 15. The molecule has 26 heteroatoms. The van der Waals surface area contributed by atoms with Crippen molar-refractivity contribution in [2.45, 2.75) is 92.1 Å². The molecule has 0 radical (unpaired) electrons. The van der Waals surface area contributed by atoms with Crippen LogP contribution in [0.2, 0.25) is 0 Å². The van der Waals surface area contributed by atoms with Gasteiger partial charge < -0.3 is 76.2 Å². The Morgan fingerprint density at radius 3 is 0.632 bits per heavy atom. The Kier molecular flexibility index (Phi) is 26.3. The second-order valence-electron chi connectivity index (χ2n) is 25.9. The van der Waals surface area contributed by atoms with Crippen molar-refractivity contribution in [1.82, 2.24) is 0 Å². The highest BCUT2D eigenvalue weighted by Gasteiger charge is 2.61. The third-order valence-corrected chi connectivity index (χ3v) is 18.3. The van der Waals surface area contributed by atoms with Crippen molar-refractivity contribution in [1.29, 1.82) is 0 Å². The van der Waals surface area contributed by atoms with E-state index in [1.54, 1.807) is 97.1 Å². The van der Waals surface area contributed by atoms with Crippen LogP contribution in [-0.4, -0.2) is 177 Å². The number of benzene rings is 10. The predicted molar refractivity (Wildman–Crippen MR) is 398 cm³/mol. The fraction of sp³-hybridized carbons (Fsp3) is 0.205. The van der Waals surface area contributed by atoms with Gasteiger partial charge in [0, 0.05) is 0 Å². The first-order valence-corrected chi connectivity index (χ1v) is 36.0. The lowest BCUT2D eigenvalue weighted by molar-refractivity contribution is -0.388. The quantitative estimate of drug-likeness (QED) is 0.0369. The molecule has 114 heavy (non-hydrogen) atoms. The molecule has 0 unspecified atom stereocenters. The largest absolute Gasteiger partial charge is 0.459 e. The number of aliphatic hydroxyl groups is 1. The molecule has 0 saturated carbocycles. The monoisotopic (exact) mass is 1540 g/mol. The van der Waals surface area contributed by atoms with Crippen LogP contribution >= 0.6 is 0 Å². The molecule has 3 saturated heterocycles. The molecule has 3 aliphatic rings. The van der Waals surface area contributed by atoms with Gasteiger partial charge in [-0.3, -0.25) is 0 Å². The molecule has 3 heterocycles. The number of aliphatic hydroxyl groups excluding tert-OH is 1. The number of rotatable bonds is 27. The summed E-state index contributed by atoms with van der Waals surface area (Å²) >= 11 is 0. The fourth-order valence-electron chi connectivity index (χ4n) is 12.6. The lowest BCUT2D eigenvalue weighted by Gasteiger charge is -2.50. The Bertz CT molecular complexity index is 4900. The summed E-state index contributed by atoms with van der Waals surface area (Å²) in [6.45, 7) is -2.67. The normalized spacial score (nSPS) is 22.9. The smallest absolute Gasteiger partial charge is 0.338 e. The highest BCUT2D eigenvalue weighted by Crippen LogP contribution is 2.40. The molecule has 1 N–H and O–H groups in total. The van der Waals surface area contributed by atoms with Gasteiger partial charge in [0.15, 0.2) is 73.8 Å². The zero-order valence-electron chi connectivity index (χ0n) is 60.3. The summed E-state index contributed by atoms with van der Waals surface area (Å²) in [5.74, 6) is -10.7. The van der Waals surface area contributed by atoms with Gasteiger partial charge in [-0.2, -0.15) is 0 Å². The van der Waals surface area contributed by atoms with Crippen molar-refractivity contribution in [2.75, 3.05) is 19.8 Å². The topological polar surface area (TPSA) is 329 Å². The molecular formula is C88H72O26. The first-order valence-electron chi connectivity index (χ1n) is 36.0. The molecule has 10 aromatic carbocycles. The van der Waals surface area contributed by atoms with Gasteiger partial charge >= 0.3 is 59.7 Å². The van der Waals surface area contributed by atoms with E-state index in [2.05, 4.69) is 0 Å². The van der Waals surface area contributed by atoms with Crippen LogP contribution in [0.1, 0.15) is 104 Å². The van der Waals surface area contributed by atoms with Crippen LogP contribution < -0.4 is 0 Å². The molecule has 15 atom stereocenters. The maximum Gasteiger partial charge on any atom is 0.338 e. The van der Waals surface area contributed by atoms with Gasteiger partial charge in [-0.25, -0.2) is 47.9 Å². The van der Waals surface area contributed by atoms with Gasteiger partial charge in [0.2, 0.25) is 0 Å². The fourth-order valence-corrected chi connectivity index (χ4v) is 12.6. The van der Waals surface area contributed by atoms with Crippen molar-refractivity contribution < 1.29 is 124 Å². The second-order valence-corrected chi connectivity index (χ2v) is 25.9. The summed E-state index contributed by atoms with van der Waals surface area (Å²) in [6, 6.07) is 75.1. The zero-order chi connectivity index (χ0) is 79.3. The van der Waals surface area contributed by atoms with Crippen LogP contribution in [-0.2, 0) is 71.1 Å². The Labute approximate surface area is 651 Å². The Hall–Kier alpha value is -13.3. The minimum atomic E-state index is -2.44. The molecule has 0 aliphatic carbocycles. The summed E-state index contributed by atoms with van der Waals surface area (Å²) in [4.78, 5) is 147. The van der Waals surface area contributed by atoms with Crippen LogP contribution in [0.25, 0.3) is 0 Å². The van der Waals surface area contributed by atoms with E-state index >= 15 is 19.2 Å². The van der Waals surface area contributed by atoms with Crippen LogP contribution in [0.15, 0.2) is 303 Å². The van der Waals surface area contributed by atoms with Gasteiger partial charge in [-0.15, -0.1) is 0 Å². The van der Waals surface area contributed by atoms with Crippen LogP contribution in [0.3, 0.4) is 0 Å². The third-order valence-electron chi connectivity index (χ3n) is 18.3.